The Labute approximate surface area is 173 Å². The summed E-state index contributed by atoms with van der Waals surface area (Å²) in [6.07, 6.45) is 1.54. The second-order valence-electron chi connectivity index (χ2n) is 6.36. The Bertz CT molecular complexity index is 1150. The lowest BCUT2D eigenvalue weighted by Gasteiger charge is -2.08. The van der Waals surface area contributed by atoms with E-state index in [1.165, 1.54) is 6.08 Å². The van der Waals surface area contributed by atoms with E-state index in [1.807, 2.05) is 18.2 Å². The third kappa shape index (κ3) is 4.12. The monoisotopic (exact) mass is 399 g/mol. The van der Waals surface area contributed by atoms with Gasteiger partial charge in [-0.1, -0.05) is 36.4 Å². The Morgan fingerprint density at radius 2 is 1.63 bits per heavy atom. The molecule has 0 spiro atoms. The number of hydrogen-bond acceptors (Lipinski definition) is 6. The number of para-hydroxylation sites is 1. The van der Waals surface area contributed by atoms with Crippen molar-refractivity contribution in [3.8, 4) is 11.5 Å². The Hall–Kier alpha value is -4.19. The molecule has 148 valence electrons. The van der Waals surface area contributed by atoms with Crippen LogP contribution in [0.4, 0.5) is 0 Å². The molecule has 0 bridgehead atoms. The molecule has 1 heterocycles. The van der Waals surface area contributed by atoms with E-state index in [9.17, 15) is 9.59 Å². The van der Waals surface area contributed by atoms with Crippen LogP contribution in [0.1, 0.15) is 21.5 Å². The number of hydrogen-bond donors (Lipinski definition) is 0. The van der Waals surface area contributed by atoms with Crippen LogP contribution in [0.5, 0.6) is 11.5 Å². The SMILES string of the molecule is COc1ccc(C(=O)Oc2ccccc2/C=C2/N=C(c3ccccc3)OC2=O)cc1. The van der Waals surface area contributed by atoms with Gasteiger partial charge in [0.25, 0.3) is 0 Å². The van der Waals surface area contributed by atoms with Crippen LogP contribution in [0.15, 0.2) is 89.6 Å². The van der Waals surface area contributed by atoms with Crippen LogP contribution < -0.4 is 9.47 Å². The molecule has 0 unspecified atom stereocenters. The molecule has 1 aliphatic rings. The van der Waals surface area contributed by atoms with Gasteiger partial charge in [0.2, 0.25) is 5.90 Å². The number of carbonyl (C=O) groups excluding carboxylic acids is 2. The first-order valence-electron chi connectivity index (χ1n) is 9.17. The Morgan fingerprint density at radius 1 is 0.933 bits per heavy atom. The van der Waals surface area contributed by atoms with Crippen molar-refractivity contribution in [2.45, 2.75) is 0 Å². The molecule has 0 amide bonds. The lowest BCUT2D eigenvalue weighted by molar-refractivity contribution is -0.129. The minimum Gasteiger partial charge on any atom is -0.497 e. The second-order valence-corrected chi connectivity index (χ2v) is 6.36. The lowest BCUT2D eigenvalue weighted by atomic mass is 10.1. The maximum absolute atomic E-state index is 12.5. The standard InChI is InChI=1S/C24H17NO5/c1-28-19-13-11-17(12-14-19)23(26)29-21-10-6-5-9-18(21)15-20-24(27)30-22(25-20)16-7-3-2-4-8-16/h2-15H,1H3/b20-15+. The van der Waals surface area contributed by atoms with E-state index in [4.69, 9.17) is 14.2 Å². The number of carbonyl (C=O) groups is 2. The van der Waals surface area contributed by atoms with Gasteiger partial charge in [-0.25, -0.2) is 14.6 Å². The first kappa shape index (κ1) is 19.1. The van der Waals surface area contributed by atoms with Gasteiger partial charge in [-0.3, -0.25) is 0 Å². The number of esters is 2. The van der Waals surface area contributed by atoms with Gasteiger partial charge in [0.15, 0.2) is 5.70 Å². The highest BCUT2D eigenvalue weighted by Gasteiger charge is 2.24. The Balaban J connectivity index is 1.59. The molecule has 0 saturated carbocycles. The quantitative estimate of drug-likeness (QED) is 0.364. The lowest BCUT2D eigenvalue weighted by Crippen LogP contribution is -2.09. The third-order valence-corrected chi connectivity index (χ3v) is 4.38. The number of aliphatic imine (C=N–C) groups is 1. The molecule has 6 nitrogen and oxygen atoms in total. The number of methoxy groups -OCH3 is 1. The second kappa shape index (κ2) is 8.45. The van der Waals surface area contributed by atoms with E-state index >= 15 is 0 Å². The summed E-state index contributed by atoms with van der Waals surface area (Å²) < 4.78 is 15.9. The zero-order valence-corrected chi connectivity index (χ0v) is 16.1. The predicted octanol–water partition coefficient (Wildman–Crippen LogP) is 4.26. The van der Waals surface area contributed by atoms with Crippen molar-refractivity contribution in [3.63, 3.8) is 0 Å². The summed E-state index contributed by atoms with van der Waals surface area (Å²) in [7, 11) is 1.55. The molecule has 0 aromatic heterocycles. The average molecular weight is 399 g/mol. The van der Waals surface area contributed by atoms with Crippen LogP contribution in [-0.4, -0.2) is 24.9 Å². The van der Waals surface area contributed by atoms with Crippen LogP contribution >= 0.6 is 0 Å². The van der Waals surface area contributed by atoms with Gasteiger partial charge in [-0.2, -0.15) is 0 Å². The molecule has 30 heavy (non-hydrogen) atoms. The Morgan fingerprint density at radius 3 is 2.37 bits per heavy atom. The average Bonchev–Trinajstić information content (AvgIpc) is 3.16. The van der Waals surface area contributed by atoms with E-state index in [0.717, 1.165) is 0 Å². The van der Waals surface area contributed by atoms with Gasteiger partial charge < -0.3 is 14.2 Å². The molecule has 0 atom stereocenters. The highest BCUT2D eigenvalue weighted by molar-refractivity contribution is 6.13. The zero-order chi connectivity index (χ0) is 20.9. The molecule has 6 heteroatoms. The molecule has 0 N–H and O–H groups in total. The molecule has 3 aromatic carbocycles. The smallest absolute Gasteiger partial charge is 0.363 e. The fourth-order valence-corrected chi connectivity index (χ4v) is 2.84. The van der Waals surface area contributed by atoms with Crippen molar-refractivity contribution >= 4 is 23.9 Å². The van der Waals surface area contributed by atoms with Crippen molar-refractivity contribution in [3.05, 3.63) is 101 Å². The maximum Gasteiger partial charge on any atom is 0.363 e. The first-order chi connectivity index (χ1) is 14.6. The summed E-state index contributed by atoms with van der Waals surface area (Å²) >= 11 is 0. The van der Waals surface area contributed by atoms with Crippen molar-refractivity contribution < 1.29 is 23.8 Å². The van der Waals surface area contributed by atoms with Gasteiger partial charge in [0.05, 0.1) is 12.7 Å². The molecular weight excluding hydrogens is 382 g/mol. The normalized spacial score (nSPS) is 14.2. The maximum atomic E-state index is 12.5. The van der Waals surface area contributed by atoms with Gasteiger partial charge >= 0.3 is 11.9 Å². The number of nitrogens with zero attached hydrogens (tertiary/aromatic N) is 1. The van der Waals surface area contributed by atoms with Crippen molar-refractivity contribution in [1.82, 2.24) is 0 Å². The summed E-state index contributed by atoms with van der Waals surface area (Å²) in [6, 6.07) is 22.6. The largest absolute Gasteiger partial charge is 0.497 e. The summed E-state index contributed by atoms with van der Waals surface area (Å²) in [5, 5.41) is 0. The molecule has 4 rings (SSSR count). The molecule has 0 aliphatic carbocycles. The molecular formula is C24H17NO5. The summed E-state index contributed by atoms with van der Waals surface area (Å²) in [4.78, 5) is 29.0. The van der Waals surface area contributed by atoms with Gasteiger partial charge in [0.1, 0.15) is 11.5 Å². The van der Waals surface area contributed by atoms with Gasteiger partial charge in [-0.05, 0) is 48.5 Å². The number of rotatable bonds is 5. The fourth-order valence-electron chi connectivity index (χ4n) is 2.84. The Kier molecular flexibility index (Phi) is 5.39. The molecule has 0 radical (unpaired) electrons. The predicted molar refractivity (Wildman–Crippen MR) is 111 cm³/mol. The van der Waals surface area contributed by atoms with Gasteiger partial charge in [0, 0.05) is 11.1 Å². The minimum absolute atomic E-state index is 0.127. The van der Waals surface area contributed by atoms with Crippen LogP contribution in [0.3, 0.4) is 0 Å². The van der Waals surface area contributed by atoms with E-state index in [0.29, 0.717) is 28.2 Å². The van der Waals surface area contributed by atoms with E-state index < -0.39 is 11.9 Å². The minimum atomic E-state index is -0.565. The zero-order valence-electron chi connectivity index (χ0n) is 16.1. The van der Waals surface area contributed by atoms with Crippen molar-refractivity contribution in [2.24, 2.45) is 4.99 Å². The van der Waals surface area contributed by atoms with Gasteiger partial charge in [-0.15, -0.1) is 0 Å². The molecule has 0 saturated heterocycles. The number of benzene rings is 3. The fraction of sp³-hybridized carbons (Fsp3) is 0.0417. The van der Waals surface area contributed by atoms with Crippen LogP contribution in [-0.2, 0) is 9.53 Å². The summed E-state index contributed by atoms with van der Waals surface area (Å²) in [6.45, 7) is 0. The van der Waals surface area contributed by atoms with Crippen molar-refractivity contribution in [1.29, 1.82) is 0 Å². The highest BCUT2D eigenvalue weighted by Crippen LogP contribution is 2.25. The first-order valence-corrected chi connectivity index (χ1v) is 9.17. The van der Waals surface area contributed by atoms with E-state index in [-0.39, 0.29) is 11.6 Å². The molecule has 1 aliphatic heterocycles. The molecule has 0 fully saturated rings. The van der Waals surface area contributed by atoms with Crippen LogP contribution in [0, 0.1) is 0 Å². The third-order valence-electron chi connectivity index (χ3n) is 4.38. The van der Waals surface area contributed by atoms with Crippen molar-refractivity contribution in [2.75, 3.05) is 7.11 Å². The molecule has 3 aromatic rings. The topological polar surface area (TPSA) is 74.2 Å². The number of ether oxygens (including phenoxy) is 3. The summed E-state index contributed by atoms with van der Waals surface area (Å²) in [5.74, 6) is 0.0983. The van der Waals surface area contributed by atoms with E-state index in [2.05, 4.69) is 4.99 Å². The van der Waals surface area contributed by atoms with Crippen LogP contribution in [0.25, 0.3) is 6.08 Å². The number of cyclic esters (lactones) is 1. The van der Waals surface area contributed by atoms with E-state index in [1.54, 1.807) is 67.8 Å². The van der Waals surface area contributed by atoms with Crippen LogP contribution in [0.2, 0.25) is 0 Å². The summed E-state index contributed by atoms with van der Waals surface area (Å²) in [5.41, 5.74) is 1.74. The highest BCUT2D eigenvalue weighted by atomic mass is 16.6.